The molecule has 10 heteroatoms. The molecule has 0 saturated carbocycles. The van der Waals surface area contributed by atoms with Crippen molar-refractivity contribution in [1.82, 2.24) is 9.62 Å². The van der Waals surface area contributed by atoms with Crippen LogP contribution in [0.15, 0.2) is 88.8 Å². The van der Waals surface area contributed by atoms with Crippen molar-refractivity contribution >= 4 is 45.0 Å². The summed E-state index contributed by atoms with van der Waals surface area (Å²) in [7, 11) is -2.03. The molecule has 1 saturated heterocycles. The standard InChI is InChI=1S/C27H25ClN4O4S/c1-31(22-10-3-2-4-11-22)25(33)20-8-5-7-19(17-20)24-29-26(34)27(30-24)13-15-32(16-14-27)37(35,36)23-12-6-9-21(28)18-23/h2-12,17-18H,13-16H2,1H3,(H,29,30,34). The van der Waals surface area contributed by atoms with E-state index in [-0.39, 0.29) is 42.6 Å². The van der Waals surface area contributed by atoms with Gasteiger partial charge in [-0.3, -0.25) is 14.6 Å². The quantitative estimate of drug-likeness (QED) is 0.537. The summed E-state index contributed by atoms with van der Waals surface area (Å²) in [5.74, 6) is -0.0687. The molecule has 1 fully saturated rings. The lowest BCUT2D eigenvalue weighted by Gasteiger charge is -2.34. The van der Waals surface area contributed by atoms with Gasteiger partial charge in [0.25, 0.3) is 11.8 Å². The Kier molecular flexibility index (Phi) is 6.61. The van der Waals surface area contributed by atoms with Crippen molar-refractivity contribution < 1.29 is 18.0 Å². The molecule has 0 aromatic heterocycles. The molecule has 1 spiro atoms. The van der Waals surface area contributed by atoms with Crippen molar-refractivity contribution in [3.8, 4) is 0 Å². The molecule has 0 aliphatic carbocycles. The number of amidine groups is 1. The van der Waals surface area contributed by atoms with Gasteiger partial charge >= 0.3 is 0 Å². The molecule has 0 bridgehead atoms. The van der Waals surface area contributed by atoms with Crippen molar-refractivity contribution in [3.63, 3.8) is 0 Å². The van der Waals surface area contributed by atoms with Gasteiger partial charge in [-0.25, -0.2) is 8.42 Å². The minimum atomic E-state index is -3.73. The highest BCUT2D eigenvalue weighted by molar-refractivity contribution is 7.89. The molecule has 2 heterocycles. The van der Waals surface area contributed by atoms with Crippen molar-refractivity contribution in [2.24, 2.45) is 4.99 Å². The smallest absolute Gasteiger partial charge is 0.258 e. The van der Waals surface area contributed by atoms with E-state index in [4.69, 9.17) is 16.6 Å². The van der Waals surface area contributed by atoms with Crippen LogP contribution in [0.4, 0.5) is 5.69 Å². The number of para-hydroxylation sites is 1. The largest absolute Gasteiger partial charge is 0.311 e. The number of carbonyl (C=O) groups excluding carboxylic acids is 2. The second kappa shape index (κ2) is 9.74. The summed E-state index contributed by atoms with van der Waals surface area (Å²) in [6.45, 7) is 0.304. The van der Waals surface area contributed by atoms with E-state index in [1.807, 2.05) is 30.3 Å². The van der Waals surface area contributed by atoms with Gasteiger partial charge in [0.1, 0.15) is 11.4 Å². The topological polar surface area (TPSA) is 99.2 Å². The normalized spacial score (nSPS) is 17.4. The van der Waals surface area contributed by atoms with Crippen molar-refractivity contribution in [2.75, 3.05) is 25.0 Å². The summed E-state index contributed by atoms with van der Waals surface area (Å²) in [5.41, 5.74) is 0.801. The number of sulfonamides is 1. The minimum Gasteiger partial charge on any atom is -0.311 e. The Morgan fingerprint density at radius 1 is 1.00 bits per heavy atom. The molecular formula is C27H25ClN4O4S. The van der Waals surface area contributed by atoms with Crippen LogP contribution in [0.5, 0.6) is 0 Å². The van der Waals surface area contributed by atoms with Crippen molar-refractivity contribution in [1.29, 1.82) is 0 Å². The fraction of sp³-hybridized carbons (Fsp3) is 0.222. The Hall–Kier alpha value is -3.53. The first kappa shape index (κ1) is 25.1. The minimum absolute atomic E-state index is 0.123. The molecular weight excluding hydrogens is 512 g/mol. The lowest BCUT2D eigenvalue weighted by molar-refractivity contribution is -0.124. The SMILES string of the molecule is CN(C(=O)c1cccc(C2=NC3(CCN(S(=O)(=O)c4cccc(Cl)c4)CC3)C(=O)N2)c1)c1ccccc1. The number of amides is 2. The summed E-state index contributed by atoms with van der Waals surface area (Å²) in [4.78, 5) is 32.5. The number of halogens is 1. The average molecular weight is 537 g/mol. The van der Waals surface area contributed by atoms with Gasteiger partial charge in [-0.15, -0.1) is 0 Å². The molecule has 8 nitrogen and oxygen atoms in total. The van der Waals surface area contributed by atoms with Crippen LogP contribution < -0.4 is 10.2 Å². The van der Waals surface area contributed by atoms with Crippen LogP contribution in [0.3, 0.4) is 0 Å². The number of rotatable bonds is 5. The molecule has 2 aliphatic rings. The first-order valence-electron chi connectivity index (χ1n) is 11.8. The van der Waals surface area contributed by atoms with E-state index >= 15 is 0 Å². The van der Waals surface area contributed by atoms with Gasteiger partial charge in [0.2, 0.25) is 10.0 Å². The van der Waals surface area contributed by atoms with Crippen LogP contribution >= 0.6 is 11.6 Å². The second-order valence-electron chi connectivity index (χ2n) is 9.09. The first-order valence-corrected chi connectivity index (χ1v) is 13.6. The molecule has 3 aromatic rings. The number of piperidine rings is 1. The van der Waals surface area contributed by atoms with Crippen LogP contribution in [0.25, 0.3) is 0 Å². The van der Waals surface area contributed by atoms with Crippen LogP contribution in [0, 0.1) is 0 Å². The third-order valence-electron chi connectivity index (χ3n) is 6.79. The maximum absolute atomic E-state index is 13.1. The number of nitrogens with zero attached hydrogens (tertiary/aromatic N) is 3. The van der Waals surface area contributed by atoms with E-state index in [0.717, 1.165) is 5.69 Å². The Balaban J connectivity index is 1.34. The van der Waals surface area contributed by atoms with Crippen LogP contribution in [0.2, 0.25) is 5.02 Å². The maximum Gasteiger partial charge on any atom is 0.258 e. The first-order chi connectivity index (χ1) is 17.7. The highest BCUT2D eigenvalue weighted by Gasteiger charge is 2.47. The lowest BCUT2D eigenvalue weighted by Crippen LogP contribution is -2.50. The highest BCUT2D eigenvalue weighted by atomic mass is 35.5. The zero-order valence-corrected chi connectivity index (χ0v) is 21.7. The predicted octanol–water partition coefficient (Wildman–Crippen LogP) is 3.72. The molecule has 2 aliphatic heterocycles. The van der Waals surface area contributed by atoms with Gasteiger partial charge in [0.05, 0.1) is 4.90 Å². The van der Waals surface area contributed by atoms with Gasteiger partial charge in [-0.05, 0) is 55.3 Å². The maximum atomic E-state index is 13.1. The van der Waals surface area contributed by atoms with Crippen LogP contribution in [0.1, 0.15) is 28.8 Å². The molecule has 37 heavy (non-hydrogen) atoms. The monoisotopic (exact) mass is 536 g/mol. The second-order valence-corrected chi connectivity index (χ2v) is 11.5. The average Bonchev–Trinajstić information content (AvgIpc) is 3.23. The van der Waals surface area contributed by atoms with Crippen LogP contribution in [-0.4, -0.2) is 56.0 Å². The molecule has 0 unspecified atom stereocenters. The van der Waals surface area contributed by atoms with E-state index < -0.39 is 15.6 Å². The molecule has 190 valence electrons. The van der Waals surface area contributed by atoms with E-state index in [2.05, 4.69) is 5.32 Å². The number of hydrogen-bond donors (Lipinski definition) is 1. The zero-order valence-electron chi connectivity index (χ0n) is 20.1. The number of nitrogens with one attached hydrogen (secondary N) is 1. The van der Waals surface area contributed by atoms with E-state index in [9.17, 15) is 18.0 Å². The molecule has 2 amide bonds. The number of aliphatic imine (C=N–C) groups is 1. The molecule has 0 radical (unpaired) electrons. The zero-order chi connectivity index (χ0) is 26.2. The Morgan fingerprint density at radius 3 is 2.41 bits per heavy atom. The molecule has 5 rings (SSSR count). The van der Waals surface area contributed by atoms with Crippen molar-refractivity contribution in [2.45, 2.75) is 23.3 Å². The third kappa shape index (κ3) is 4.77. The molecule has 1 N–H and O–H groups in total. The number of anilines is 1. The van der Waals surface area contributed by atoms with Gasteiger partial charge in [0, 0.05) is 42.0 Å². The van der Waals surface area contributed by atoms with Crippen molar-refractivity contribution in [3.05, 3.63) is 95.0 Å². The summed E-state index contributed by atoms with van der Waals surface area (Å²) >= 11 is 5.98. The predicted molar refractivity (Wildman–Crippen MR) is 142 cm³/mol. The number of benzene rings is 3. The Bertz CT molecular complexity index is 1500. The van der Waals surface area contributed by atoms with Gasteiger partial charge < -0.3 is 10.2 Å². The molecule has 3 aromatic carbocycles. The van der Waals surface area contributed by atoms with E-state index in [1.165, 1.54) is 16.4 Å². The van der Waals surface area contributed by atoms with Gasteiger partial charge in [0.15, 0.2) is 0 Å². The fourth-order valence-electron chi connectivity index (χ4n) is 4.63. The summed E-state index contributed by atoms with van der Waals surface area (Å²) in [6.07, 6.45) is 0.495. The summed E-state index contributed by atoms with van der Waals surface area (Å²) in [5, 5.41) is 3.19. The summed E-state index contributed by atoms with van der Waals surface area (Å²) < 4.78 is 27.5. The Labute approximate surface area is 220 Å². The van der Waals surface area contributed by atoms with Gasteiger partial charge in [-0.2, -0.15) is 4.31 Å². The lowest BCUT2D eigenvalue weighted by atomic mass is 9.89. The fourth-order valence-corrected chi connectivity index (χ4v) is 6.37. The van der Waals surface area contributed by atoms with E-state index in [1.54, 1.807) is 48.3 Å². The number of carbonyl (C=O) groups is 2. The number of hydrogen-bond acceptors (Lipinski definition) is 5. The Morgan fingerprint density at radius 2 is 1.70 bits per heavy atom. The summed E-state index contributed by atoms with van der Waals surface area (Å²) in [6, 6.07) is 22.4. The van der Waals surface area contributed by atoms with Crippen LogP contribution in [-0.2, 0) is 14.8 Å². The van der Waals surface area contributed by atoms with Gasteiger partial charge in [-0.1, -0.05) is 48.0 Å². The molecule has 0 atom stereocenters. The van der Waals surface area contributed by atoms with E-state index in [0.29, 0.717) is 22.0 Å². The highest BCUT2D eigenvalue weighted by Crippen LogP contribution is 2.33. The third-order valence-corrected chi connectivity index (χ3v) is 8.92.